The van der Waals surface area contributed by atoms with E-state index in [-0.39, 0.29) is 11.1 Å². The van der Waals surface area contributed by atoms with E-state index in [1.165, 1.54) is 28.9 Å². The van der Waals surface area contributed by atoms with Crippen LogP contribution in [-0.2, 0) is 4.79 Å². The molecule has 8 heteroatoms. The third-order valence-corrected chi connectivity index (χ3v) is 2.89. The number of ketones is 1. The van der Waals surface area contributed by atoms with Crippen LogP contribution in [0.3, 0.4) is 0 Å². The average molecular weight is 302 g/mol. The summed E-state index contributed by atoms with van der Waals surface area (Å²) in [7, 11) is 0. The molecule has 0 radical (unpaired) electrons. The first-order chi connectivity index (χ1) is 9.71. The number of aromatic nitrogens is 1. The van der Waals surface area contributed by atoms with E-state index in [9.17, 15) is 27.2 Å². The topological polar surface area (TPSA) is 50.6 Å². The molecule has 21 heavy (non-hydrogen) atoms. The molecule has 0 aliphatic rings. The first kappa shape index (κ1) is 15.0. The minimum absolute atomic E-state index is 0.0457. The molecule has 0 spiro atoms. The lowest BCUT2D eigenvalue weighted by Crippen LogP contribution is -2.45. The van der Waals surface area contributed by atoms with Crippen LogP contribution < -0.4 is 5.32 Å². The monoisotopic (exact) mass is 302 g/mol. The molecule has 2 heterocycles. The van der Waals surface area contributed by atoms with Crippen molar-refractivity contribution in [1.29, 1.82) is 0 Å². The molecular weight excluding hydrogens is 292 g/mol. The highest BCUT2D eigenvalue weighted by Crippen LogP contribution is 2.19. The molecule has 2 rings (SSSR count). The Kier molecular flexibility index (Phi) is 3.71. The Morgan fingerprint density at radius 3 is 2.52 bits per heavy atom. The zero-order valence-corrected chi connectivity index (χ0v) is 10.7. The van der Waals surface area contributed by atoms with E-state index < -0.39 is 29.7 Å². The number of pyridine rings is 1. The number of fused-ring (bicyclic) bond motifs is 1. The molecule has 2 aromatic rings. The van der Waals surface area contributed by atoms with E-state index in [2.05, 4.69) is 0 Å². The highest BCUT2D eigenvalue weighted by Gasteiger charge is 2.40. The number of alkyl halides is 3. The quantitative estimate of drug-likeness (QED) is 0.699. The molecule has 112 valence electrons. The minimum Gasteiger partial charge on any atom is -0.338 e. The Morgan fingerprint density at radius 1 is 1.24 bits per heavy atom. The van der Waals surface area contributed by atoms with Crippen LogP contribution in [0.15, 0.2) is 30.6 Å². The zero-order valence-electron chi connectivity index (χ0n) is 10.7. The summed E-state index contributed by atoms with van der Waals surface area (Å²) in [5.74, 6) is -3.70. The summed E-state index contributed by atoms with van der Waals surface area (Å²) in [6.45, 7) is 1.11. The Morgan fingerprint density at radius 2 is 1.90 bits per heavy atom. The number of hydrogen-bond donors (Lipinski definition) is 1. The van der Waals surface area contributed by atoms with Crippen LogP contribution >= 0.6 is 0 Å². The van der Waals surface area contributed by atoms with Crippen molar-refractivity contribution in [3.8, 4) is 0 Å². The fraction of sp³-hybridized carbons (Fsp3) is 0.231. The second-order valence-corrected chi connectivity index (χ2v) is 4.40. The van der Waals surface area contributed by atoms with Gasteiger partial charge >= 0.3 is 12.1 Å². The number of halogens is 4. The molecule has 1 atom stereocenters. The molecule has 0 aliphatic heterocycles. The fourth-order valence-corrected chi connectivity index (χ4v) is 1.90. The van der Waals surface area contributed by atoms with E-state index in [0.29, 0.717) is 0 Å². The molecule has 0 bridgehead atoms. The van der Waals surface area contributed by atoms with Gasteiger partial charge in [0, 0.05) is 18.0 Å². The Labute approximate surface area is 116 Å². The number of carbonyl (C=O) groups excluding carboxylic acids is 2. The van der Waals surface area contributed by atoms with Crippen molar-refractivity contribution >= 4 is 17.2 Å². The molecule has 1 N–H and O–H groups in total. The summed E-state index contributed by atoms with van der Waals surface area (Å²) < 4.78 is 51.5. The minimum atomic E-state index is -5.08. The molecular formula is C13H10F4N2O2. The predicted octanol–water partition coefficient (Wildman–Crippen LogP) is 2.33. The van der Waals surface area contributed by atoms with E-state index in [0.717, 1.165) is 13.0 Å². The Hall–Kier alpha value is -2.38. The number of rotatable bonds is 3. The molecule has 0 saturated carbocycles. The standard InChI is InChI=1S/C13H10F4N2O2/c1-7(18-12(21)13(15,16)17)11(20)8-4-6-19-5-2-3-9(14)10(8)19/h2-7H,1H3,(H,18,21). The summed E-state index contributed by atoms with van der Waals surface area (Å²) in [4.78, 5) is 22.9. The smallest absolute Gasteiger partial charge is 0.338 e. The van der Waals surface area contributed by atoms with Gasteiger partial charge in [0.2, 0.25) is 0 Å². The number of carbonyl (C=O) groups is 2. The summed E-state index contributed by atoms with van der Waals surface area (Å²) in [5.41, 5.74) is -0.140. The predicted molar refractivity (Wildman–Crippen MR) is 65.3 cm³/mol. The second-order valence-electron chi connectivity index (χ2n) is 4.40. The first-order valence-corrected chi connectivity index (χ1v) is 5.89. The van der Waals surface area contributed by atoms with Gasteiger partial charge in [0.05, 0.1) is 11.6 Å². The molecule has 1 amide bonds. The summed E-state index contributed by atoms with van der Waals surface area (Å²) in [6, 6.07) is 2.41. The molecule has 2 aromatic heterocycles. The van der Waals surface area contributed by atoms with Crippen LogP contribution in [0.4, 0.5) is 17.6 Å². The van der Waals surface area contributed by atoms with E-state index in [1.54, 1.807) is 5.32 Å². The van der Waals surface area contributed by atoms with Crippen LogP contribution in [0.2, 0.25) is 0 Å². The van der Waals surface area contributed by atoms with Gasteiger partial charge in [-0.3, -0.25) is 9.59 Å². The van der Waals surface area contributed by atoms with Crippen molar-refractivity contribution in [3.05, 3.63) is 42.0 Å². The van der Waals surface area contributed by atoms with Gasteiger partial charge in [0.15, 0.2) is 5.78 Å². The van der Waals surface area contributed by atoms with Gasteiger partial charge in [-0.2, -0.15) is 13.2 Å². The van der Waals surface area contributed by atoms with Gasteiger partial charge in [0.25, 0.3) is 0 Å². The van der Waals surface area contributed by atoms with Gasteiger partial charge in [-0.05, 0) is 25.1 Å². The van der Waals surface area contributed by atoms with Crippen molar-refractivity contribution in [1.82, 2.24) is 9.72 Å². The summed E-state index contributed by atoms with van der Waals surface area (Å²) in [5, 5.41) is 1.55. The van der Waals surface area contributed by atoms with Gasteiger partial charge in [-0.25, -0.2) is 4.39 Å². The number of hydrogen-bond acceptors (Lipinski definition) is 2. The van der Waals surface area contributed by atoms with Crippen LogP contribution in [0.1, 0.15) is 17.3 Å². The van der Waals surface area contributed by atoms with E-state index >= 15 is 0 Å². The molecule has 0 fully saturated rings. The first-order valence-electron chi connectivity index (χ1n) is 5.89. The highest BCUT2D eigenvalue weighted by molar-refractivity contribution is 6.07. The van der Waals surface area contributed by atoms with Crippen molar-refractivity contribution in [2.45, 2.75) is 19.1 Å². The van der Waals surface area contributed by atoms with Crippen molar-refractivity contribution in [3.63, 3.8) is 0 Å². The third kappa shape index (κ3) is 2.88. The van der Waals surface area contributed by atoms with Crippen LogP contribution in [0, 0.1) is 5.82 Å². The number of Topliss-reactive ketones (excluding diaryl/α,β-unsaturated/α-hetero) is 1. The van der Waals surface area contributed by atoms with Crippen molar-refractivity contribution in [2.75, 3.05) is 0 Å². The third-order valence-electron chi connectivity index (χ3n) is 2.89. The van der Waals surface area contributed by atoms with E-state index in [4.69, 9.17) is 0 Å². The number of amides is 1. The Balaban J connectivity index is 2.29. The lowest BCUT2D eigenvalue weighted by Gasteiger charge is -2.14. The highest BCUT2D eigenvalue weighted by atomic mass is 19.4. The van der Waals surface area contributed by atoms with Gasteiger partial charge in [-0.15, -0.1) is 0 Å². The maximum atomic E-state index is 13.7. The molecule has 0 saturated heterocycles. The summed E-state index contributed by atoms with van der Waals surface area (Å²) >= 11 is 0. The van der Waals surface area contributed by atoms with Crippen molar-refractivity contribution < 1.29 is 27.2 Å². The lowest BCUT2D eigenvalue weighted by atomic mass is 10.1. The number of nitrogens with one attached hydrogen (secondary N) is 1. The normalized spacial score (nSPS) is 13.2. The van der Waals surface area contributed by atoms with Gasteiger partial charge < -0.3 is 9.72 Å². The molecule has 1 unspecified atom stereocenters. The Bertz CT molecular complexity index is 706. The second kappa shape index (κ2) is 5.19. The van der Waals surface area contributed by atoms with Crippen LogP contribution in [-0.4, -0.2) is 28.3 Å². The van der Waals surface area contributed by atoms with Crippen molar-refractivity contribution in [2.24, 2.45) is 0 Å². The van der Waals surface area contributed by atoms with Gasteiger partial charge in [-0.1, -0.05) is 0 Å². The maximum Gasteiger partial charge on any atom is 0.471 e. The zero-order chi connectivity index (χ0) is 15.8. The van der Waals surface area contributed by atoms with Crippen LogP contribution in [0.5, 0.6) is 0 Å². The fourth-order valence-electron chi connectivity index (χ4n) is 1.90. The number of nitrogens with zero attached hydrogens (tertiary/aromatic N) is 1. The van der Waals surface area contributed by atoms with E-state index in [1.807, 2.05) is 0 Å². The largest absolute Gasteiger partial charge is 0.471 e. The molecule has 0 aliphatic carbocycles. The molecule has 4 nitrogen and oxygen atoms in total. The average Bonchev–Trinajstić information content (AvgIpc) is 2.81. The summed E-state index contributed by atoms with van der Waals surface area (Å²) in [6.07, 6.45) is -2.18. The molecule has 0 aromatic carbocycles. The SMILES string of the molecule is CC(NC(=O)C(F)(F)F)C(=O)c1ccn2cccc(F)c12. The maximum absolute atomic E-state index is 13.7. The lowest BCUT2D eigenvalue weighted by molar-refractivity contribution is -0.173. The van der Waals surface area contributed by atoms with Gasteiger partial charge in [0.1, 0.15) is 5.82 Å². The van der Waals surface area contributed by atoms with Crippen LogP contribution in [0.25, 0.3) is 5.52 Å².